The van der Waals surface area contributed by atoms with E-state index in [9.17, 15) is 13.2 Å². The molecule has 5 nitrogen and oxygen atoms in total. The number of carbonyl (C=O) groups is 1. The van der Waals surface area contributed by atoms with E-state index in [0.29, 0.717) is 30.7 Å². The summed E-state index contributed by atoms with van der Waals surface area (Å²) in [5.41, 5.74) is 0.502. The Morgan fingerprint density at radius 1 is 0.963 bits per heavy atom. The van der Waals surface area contributed by atoms with Gasteiger partial charge in [-0.15, -0.1) is 0 Å². The summed E-state index contributed by atoms with van der Waals surface area (Å²) in [4.78, 5) is 15.7. The Bertz CT molecular complexity index is 730. The number of carbonyl (C=O) groups excluding carboxylic acids is 1. The zero-order chi connectivity index (χ0) is 19.4. The fraction of sp³-hybridized carbons (Fsp3) is 0.667. The minimum atomic E-state index is -3.56. The Balaban J connectivity index is 1.91. The van der Waals surface area contributed by atoms with Gasteiger partial charge in [0.05, 0.1) is 4.90 Å². The highest BCUT2D eigenvalue weighted by atomic mass is 32.2. The summed E-state index contributed by atoms with van der Waals surface area (Å²) >= 11 is 0. The average molecular weight is 393 g/mol. The van der Waals surface area contributed by atoms with E-state index in [1.165, 1.54) is 30.0 Å². The number of hydrogen-bond acceptors (Lipinski definition) is 3. The molecule has 0 aromatic heterocycles. The minimum absolute atomic E-state index is 0.00500. The Morgan fingerprint density at radius 2 is 1.48 bits per heavy atom. The SMILES string of the molecule is CCN(CC)S(=O)(=O)c1cccc(C(=O)N(C2CCCC2)C2CCCC2)c1. The van der Waals surface area contributed by atoms with Gasteiger partial charge in [-0.3, -0.25) is 4.79 Å². The predicted molar refractivity (Wildman–Crippen MR) is 107 cm³/mol. The Kier molecular flexibility index (Phi) is 6.58. The van der Waals surface area contributed by atoms with E-state index in [0.717, 1.165) is 25.7 Å². The highest BCUT2D eigenvalue weighted by molar-refractivity contribution is 7.89. The molecule has 1 aromatic carbocycles. The number of rotatable bonds is 7. The maximum absolute atomic E-state index is 13.4. The second-order valence-electron chi connectivity index (χ2n) is 7.71. The molecule has 1 amide bonds. The van der Waals surface area contributed by atoms with E-state index in [1.54, 1.807) is 24.3 Å². The summed E-state index contributed by atoms with van der Waals surface area (Å²) in [5, 5.41) is 0. The smallest absolute Gasteiger partial charge is 0.254 e. The second kappa shape index (κ2) is 8.74. The van der Waals surface area contributed by atoms with Crippen molar-refractivity contribution in [3.63, 3.8) is 0 Å². The molecule has 0 saturated heterocycles. The van der Waals surface area contributed by atoms with Gasteiger partial charge in [-0.2, -0.15) is 4.31 Å². The molecular weight excluding hydrogens is 360 g/mol. The first-order valence-corrected chi connectivity index (χ1v) is 11.9. The first-order valence-electron chi connectivity index (χ1n) is 10.4. The summed E-state index contributed by atoms with van der Waals surface area (Å²) < 4.78 is 27.1. The van der Waals surface area contributed by atoms with Gasteiger partial charge in [0.1, 0.15) is 0 Å². The fourth-order valence-corrected chi connectivity index (χ4v) is 6.15. The van der Waals surface area contributed by atoms with Crippen molar-refractivity contribution in [2.24, 2.45) is 0 Å². The molecule has 27 heavy (non-hydrogen) atoms. The van der Waals surface area contributed by atoms with Gasteiger partial charge in [0.15, 0.2) is 0 Å². The summed E-state index contributed by atoms with van der Waals surface area (Å²) in [6, 6.07) is 7.26. The van der Waals surface area contributed by atoms with Crippen molar-refractivity contribution in [1.82, 2.24) is 9.21 Å². The number of nitrogens with zero attached hydrogens (tertiary/aromatic N) is 2. The van der Waals surface area contributed by atoms with Crippen LogP contribution in [0.1, 0.15) is 75.6 Å². The lowest BCUT2D eigenvalue weighted by atomic mass is 10.1. The zero-order valence-corrected chi connectivity index (χ0v) is 17.4. The van der Waals surface area contributed by atoms with E-state index < -0.39 is 10.0 Å². The van der Waals surface area contributed by atoms with Crippen molar-refractivity contribution in [2.45, 2.75) is 82.2 Å². The van der Waals surface area contributed by atoms with E-state index in [1.807, 2.05) is 13.8 Å². The summed E-state index contributed by atoms with van der Waals surface area (Å²) in [6.07, 6.45) is 8.99. The van der Waals surface area contributed by atoms with Crippen molar-refractivity contribution in [2.75, 3.05) is 13.1 Å². The molecule has 3 rings (SSSR count). The topological polar surface area (TPSA) is 57.7 Å². The van der Waals surface area contributed by atoms with Crippen molar-refractivity contribution >= 4 is 15.9 Å². The van der Waals surface area contributed by atoms with Gasteiger partial charge in [0.25, 0.3) is 5.91 Å². The normalized spacial score (nSPS) is 19.1. The van der Waals surface area contributed by atoms with E-state index in [4.69, 9.17) is 0 Å². The molecule has 0 heterocycles. The van der Waals surface area contributed by atoms with Gasteiger partial charge >= 0.3 is 0 Å². The molecule has 2 saturated carbocycles. The van der Waals surface area contributed by atoms with Crippen molar-refractivity contribution in [1.29, 1.82) is 0 Å². The van der Waals surface area contributed by atoms with E-state index in [2.05, 4.69) is 4.90 Å². The molecule has 6 heteroatoms. The zero-order valence-electron chi connectivity index (χ0n) is 16.6. The molecule has 0 unspecified atom stereocenters. The van der Waals surface area contributed by atoms with Crippen LogP contribution in [0, 0.1) is 0 Å². The minimum Gasteiger partial charge on any atom is -0.333 e. The van der Waals surface area contributed by atoms with Crippen LogP contribution in [0.25, 0.3) is 0 Å². The Labute approximate surface area is 163 Å². The lowest BCUT2D eigenvalue weighted by molar-refractivity contribution is 0.0580. The van der Waals surface area contributed by atoms with Crippen LogP contribution in [0.2, 0.25) is 0 Å². The van der Waals surface area contributed by atoms with Gasteiger partial charge in [-0.05, 0) is 43.9 Å². The molecular formula is C21H32N2O3S. The van der Waals surface area contributed by atoms with Crippen LogP contribution in [0.15, 0.2) is 29.2 Å². The molecule has 1 aromatic rings. The van der Waals surface area contributed by atoms with Crippen LogP contribution in [0.3, 0.4) is 0 Å². The fourth-order valence-electron chi connectivity index (χ4n) is 4.65. The average Bonchev–Trinajstić information content (AvgIpc) is 3.37. The van der Waals surface area contributed by atoms with Crippen molar-refractivity contribution in [3.05, 3.63) is 29.8 Å². The maximum atomic E-state index is 13.4. The van der Waals surface area contributed by atoms with Crippen molar-refractivity contribution in [3.8, 4) is 0 Å². The summed E-state index contributed by atoms with van der Waals surface area (Å²) in [6.45, 7) is 4.51. The van der Waals surface area contributed by atoms with Crippen LogP contribution >= 0.6 is 0 Å². The quantitative estimate of drug-likeness (QED) is 0.703. The van der Waals surface area contributed by atoms with Crippen LogP contribution < -0.4 is 0 Å². The third-order valence-electron chi connectivity index (χ3n) is 6.09. The largest absolute Gasteiger partial charge is 0.333 e. The molecule has 2 aliphatic carbocycles. The monoisotopic (exact) mass is 392 g/mol. The second-order valence-corrected chi connectivity index (χ2v) is 9.64. The standard InChI is InChI=1S/C21H32N2O3S/c1-3-22(4-2)27(25,26)20-15-9-10-17(16-20)21(24)23(18-11-5-6-12-18)19-13-7-8-14-19/h9-10,15-16,18-19H,3-8,11-14H2,1-2H3. The first-order chi connectivity index (χ1) is 13.0. The van der Waals surface area contributed by atoms with Gasteiger partial charge < -0.3 is 4.90 Å². The van der Waals surface area contributed by atoms with Crippen LogP contribution in [0.4, 0.5) is 0 Å². The third kappa shape index (κ3) is 4.21. The molecule has 0 spiro atoms. The number of sulfonamides is 1. The van der Waals surface area contributed by atoms with Gasteiger partial charge in [-0.25, -0.2) is 8.42 Å². The first kappa shape index (κ1) is 20.3. The highest BCUT2D eigenvalue weighted by Gasteiger charge is 2.35. The van der Waals surface area contributed by atoms with Gasteiger partial charge in [0, 0.05) is 30.7 Å². The molecule has 0 N–H and O–H groups in total. The third-order valence-corrected chi connectivity index (χ3v) is 8.14. The number of benzene rings is 1. The van der Waals surface area contributed by atoms with E-state index >= 15 is 0 Å². The molecule has 150 valence electrons. The van der Waals surface area contributed by atoms with Crippen LogP contribution in [-0.4, -0.2) is 48.7 Å². The molecule has 0 aliphatic heterocycles. The van der Waals surface area contributed by atoms with Crippen LogP contribution in [-0.2, 0) is 10.0 Å². The van der Waals surface area contributed by atoms with Gasteiger partial charge in [-0.1, -0.05) is 45.6 Å². The lowest BCUT2D eigenvalue weighted by Gasteiger charge is -2.35. The molecule has 2 fully saturated rings. The number of amides is 1. The predicted octanol–water partition coefficient (Wildman–Crippen LogP) is 4.04. The molecule has 0 bridgehead atoms. The highest BCUT2D eigenvalue weighted by Crippen LogP contribution is 2.33. The lowest BCUT2D eigenvalue weighted by Crippen LogP contribution is -2.45. The summed E-state index contributed by atoms with van der Waals surface area (Å²) in [7, 11) is -3.56. The molecule has 0 atom stereocenters. The maximum Gasteiger partial charge on any atom is 0.254 e. The van der Waals surface area contributed by atoms with Crippen molar-refractivity contribution < 1.29 is 13.2 Å². The van der Waals surface area contributed by atoms with E-state index in [-0.39, 0.29) is 10.8 Å². The molecule has 0 radical (unpaired) electrons. The number of hydrogen-bond donors (Lipinski definition) is 0. The van der Waals surface area contributed by atoms with Gasteiger partial charge in [0.2, 0.25) is 10.0 Å². The van der Waals surface area contributed by atoms with Crippen LogP contribution in [0.5, 0.6) is 0 Å². The summed E-state index contributed by atoms with van der Waals surface area (Å²) in [5.74, 6) is 0.00500. The Morgan fingerprint density at radius 3 is 1.96 bits per heavy atom. The molecule has 2 aliphatic rings. The Hall–Kier alpha value is -1.40.